The van der Waals surface area contributed by atoms with Gasteiger partial charge in [0.15, 0.2) is 0 Å². The van der Waals surface area contributed by atoms with Crippen LogP contribution < -0.4 is 10.2 Å². The van der Waals surface area contributed by atoms with E-state index >= 15 is 0 Å². The molecule has 0 bridgehead atoms. The summed E-state index contributed by atoms with van der Waals surface area (Å²) in [6.45, 7) is 12.0. The van der Waals surface area contributed by atoms with Crippen molar-refractivity contribution in [3.05, 3.63) is 29.8 Å². The molecule has 17 heavy (non-hydrogen) atoms. The molecule has 0 amide bonds. The van der Waals surface area contributed by atoms with Crippen LogP contribution >= 0.6 is 0 Å². The molecule has 0 aromatic heterocycles. The third-order valence-corrected chi connectivity index (χ3v) is 2.99. The Labute approximate surface area is 106 Å². The maximum absolute atomic E-state index is 3.43. The Hall–Kier alpha value is -1.02. The normalized spacial score (nSPS) is 11.6. The summed E-state index contributed by atoms with van der Waals surface area (Å²) in [5.41, 5.74) is 2.89. The van der Waals surface area contributed by atoms with Crippen LogP contribution in [0.3, 0.4) is 0 Å². The molecule has 1 rings (SSSR count). The largest absolute Gasteiger partial charge is 0.374 e. The van der Waals surface area contributed by atoms with Crippen LogP contribution in [0, 0.1) is 12.3 Å². The second kappa shape index (κ2) is 6.06. The van der Waals surface area contributed by atoms with Crippen molar-refractivity contribution in [3.8, 4) is 0 Å². The molecule has 2 nitrogen and oxygen atoms in total. The minimum absolute atomic E-state index is 0.287. The molecule has 1 aromatic rings. The van der Waals surface area contributed by atoms with E-state index in [1.165, 1.54) is 11.3 Å². The third kappa shape index (κ3) is 4.78. The first kappa shape index (κ1) is 14.0. The van der Waals surface area contributed by atoms with Gasteiger partial charge in [-0.2, -0.15) is 0 Å². The number of aryl methyl sites for hydroxylation is 1. The van der Waals surface area contributed by atoms with Crippen LogP contribution in [-0.2, 0) is 0 Å². The van der Waals surface area contributed by atoms with Crippen molar-refractivity contribution in [1.82, 2.24) is 5.32 Å². The Morgan fingerprint density at radius 2 is 1.76 bits per heavy atom. The molecule has 0 aliphatic heterocycles. The van der Waals surface area contributed by atoms with E-state index in [2.05, 4.69) is 69.2 Å². The van der Waals surface area contributed by atoms with Gasteiger partial charge in [0.05, 0.1) is 0 Å². The third-order valence-electron chi connectivity index (χ3n) is 2.99. The van der Waals surface area contributed by atoms with Gasteiger partial charge >= 0.3 is 0 Å². The van der Waals surface area contributed by atoms with Crippen LogP contribution in [0.15, 0.2) is 24.3 Å². The van der Waals surface area contributed by atoms with E-state index < -0.39 is 0 Å². The lowest BCUT2D eigenvalue weighted by molar-refractivity contribution is 0.350. The molecule has 0 fully saturated rings. The fourth-order valence-electron chi connectivity index (χ4n) is 2.05. The van der Waals surface area contributed by atoms with Crippen LogP contribution in [0.1, 0.15) is 26.3 Å². The predicted molar refractivity (Wildman–Crippen MR) is 76.8 cm³/mol. The molecular weight excluding hydrogens is 208 g/mol. The zero-order valence-electron chi connectivity index (χ0n) is 11.9. The maximum atomic E-state index is 3.43. The van der Waals surface area contributed by atoms with Gasteiger partial charge in [0.25, 0.3) is 0 Å². The van der Waals surface area contributed by atoms with Gasteiger partial charge in [-0.3, -0.25) is 0 Å². The van der Waals surface area contributed by atoms with E-state index in [1.807, 2.05) is 0 Å². The fourth-order valence-corrected chi connectivity index (χ4v) is 2.05. The molecule has 0 radical (unpaired) electrons. The average molecular weight is 234 g/mol. The first-order chi connectivity index (χ1) is 7.94. The smallest absolute Gasteiger partial charge is 0.0363 e. The Kier molecular flexibility index (Phi) is 5.01. The van der Waals surface area contributed by atoms with E-state index in [9.17, 15) is 0 Å². The number of nitrogens with one attached hydrogen (secondary N) is 1. The predicted octanol–water partition coefficient (Wildman–Crippen LogP) is 3.07. The molecule has 0 saturated carbocycles. The second-order valence-corrected chi connectivity index (χ2v) is 5.64. The van der Waals surface area contributed by atoms with E-state index in [-0.39, 0.29) is 5.41 Å². The minimum atomic E-state index is 0.287. The topological polar surface area (TPSA) is 15.3 Å². The van der Waals surface area contributed by atoms with E-state index in [0.29, 0.717) is 0 Å². The average Bonchev–Trinajstić information content (AvgIpc) is 2.26. The van der Waals surface area contributed by atoms with E-state index in [4.69, 9.17) is 0 Å². The lowest BCUT2D eigenvalue weighted by Gasteiger charge is -2.32. The zero-order chi connectivity index (χ0) is 12.9. The standard InChI is InChI=1S/C15H26N2/c1-6-16-11-15(3,4)12-17(5)14-9-7-13(2)8-10-14/h7-10,16H,6,11-12H2,1-5H3. The molecule has 1 N–H and O–H groups in total. The van der Waals surface area contributed by atoms with Gasteiger partial charge < -0.3 is 10.2 Å². The van der Waals surface area contributed by atoms with Crippen molar-refractivity contribution in [1.29, 1.82) is 0 Å². The second-order valence-electron chi connectivity index (χ2n) is 5.64. The lowest BCUT2D eigenvalue weighted by Crippen LogP contribution is -2.39. The molecule has 0 unspecified atom stereocenters. The number of nitrogens with zero attached hydrogens (tertiary/aromatic N) is 1. The molecule has 0 saturated heterocycles. The maximum Gasteiger partial charge on any atom is 0.0363 e. The van der Waals surface area contributed by atoms with Gasteiger partial charge in [0.2, 0.25) is 0 Å². The van der Waals surface area contributed by atoms with Crippen molar-refractivity contribution in [3.63, 3.8) is 0 Å². The van der Waals surface area contributed by atoms with Gasteiger partial charge in [-0.15, -0.1) is 0 Å². The van der Waals surface area contributed by atoms with Crippen molar-refractivity contribution in [2.75, 3.05) is 31.6 Å². The Balaban J connectivity index is 2.58. The molecule has 0 heterocycles. The first-order valence-electron chi connectivity index (χ1n) is 6.43. The van der Waals surface area contributed by atoms with Crippen LogP contribution in [-0.4, -0.2) is 26.7 Å². The summed E-state index contributed by atoms with van der Waals surface area (Å²) >= 11 is 0. The Bertz CT molecular complexity index is 327. The molecule has 2 heteroatoms. The highest BCUT2D eigenvalue weighted by molar-refractivity contribution is 5.46. The molecular formula is C15H26N2. The summed E-state index contributed by atoms with van der Waals surface area (Å²) in [7, 11) is 2.17. The summed E-state index contributed by atoms with van der Waals surface area (Å²) in [6.07, 6.45) is 0. The highest BCUT2D eigenvalue weighted by atomic mass is 15.1. The molecule has 0 spiro atoms. The molecule has 1 aromatic carbocycles. The molecule has 0 aliphatic rings. The highest BCUT2D eigenvalue weighted by Gasteiger charge is 2.19. The molecule has 96 valence electrons. The number of rotatable bonds is 6. The van der Waals surface area contributed by atoms with Crippen molar-refractivity contribution in [2.24, 2.45) is 5.41 Å². The van der Waals surface area contributed by atoms with Crippen LogP contribution in [0.2, 0.25) is 0 Å². The number of hydrogen-bond acceptors (Lipinski definition) is 2. The Morgan fingerprint density at radius 3 is 2.29 bits per heavy atom. The highest BCUT2D eigenvalue weighted by Crippen LogP contribution is 2.20. The molecule has 0 aliphatic carbocycles. The van der Waals surface area contributed by atoms with E-state index in [0.717, 1.165) is 19.6 Å². The monoisotopic (exact) mass is 234 g/mol. The van der Waals surface area contributed by atoms with Crippen LogP contribution in [0.25, 0.3) is 0 Å². The number of benzene rings is 1. The van der Waals surface area contributed by atoms with Gasteiger partial charge in [-0.25, -0.2) is 0 Å². The fraction of sp³-hybridized carbons (Fsp3) is 0.600. The van der Waals surface area contributed by atoms with Gasteiger partial charge in [0.1, 0.15) is 0 Å². The minimum Gasteiger partial charge on any atom is -0.374 e. The van der Waals surface area contributed by atoms with Crippen molar-refractivity contribution >= 4 is 5.69 Å². The summed E-state index contributed by atoms with van der Waals surface area (Å²) in [6, 6.07) is 8.73. The number of hydrogen-bond donors (Lipinski definition) is 1. The summed E-state index contributed by atoms with van der Waals surface area (Å²) in [5.74, 6) is 0. The van der Waals surface area contributed by atoms with Crippen LogP contribution in [0.4, 0.5) is 5.69 Å². The quantitative estimate of drug-likeness (QED) is 0.814. The Morgan fingerprint density at radius 1 is 1.18 bits per heavy atom. The molecule has 0 atom stereocenters. The SMILES string of the molecule is CCNCC(C)(C)CN(C)c1ccc(C)cc1. The van der Waals surface area contributed by atoms with Gasteiger partial charge in [-0.1, -0.05) is 38.5 Å². The first-order valence-corrected chi connectivity index (χ1v) is 6.43. The van der Waals surface area contributed by atoms with Crippen molar-refractivity contribution in [2.45, 2.75) is 27.7 Å². The van der Waals surface area contributed by atoms with Gasteiger partial charge in [-0.05, 0) is 31.0 Å². The van der Waals surface area contributed by atoms with Crippen LogP contribution in [0.5, 0.6) is 0 Å². The van der Waals surface area contributed by atoms with Crippen molar-refractivity contribution < 1.29 is 0 Å². The summed E-state index contributed by atoms with van der Waals surface area (Å²) < 4.78 is 0. The lowest BCUT2D eigenvalue weighted by atomic mass is 9.92. The zero-order valence-corrected chi connectivity index (χ0v) is 11.9. The summed E-state index contributed by atoms with van der Waals surface area (Å²) in [4.78, 5) is 2.33. The van der Waals surface area contributed by atoms with Gasteiger partial charge in [0, 0.05) is 25.8 Å². The number of anilines is 1. The summed E-state index contributed by atoms with van der Waals surface area (Å²) in [5, 5.41) is 3.43. The van der Waals surface area contributed by atoms with E-state index in [1.54, 1.807) is 0 Å².